The number of benzene rings is 1. The number of nitrogens with two attached hydrogens (primary N) is 1. The van der Waals surface area contributed by atoms with Gasteiger partial charge in [-0.25, -0.2) is 0 Å². The molecule has 0 aliphatic carbocycles. The third-order valence-corrected chi connectivity index (χ3v) is 4.58. The van der Waals surface area contributed by atoms with Crippen LogP contribution in [0.15, 0.2) is 24.3 Å². The van der Waals surface area contributed by atoms with Gasteiger partial charge >= 0.3 is 0 Å². The molecule has 1 nitrogen and oxygen atoms in total. The summed E-state index contributed by atoms with van der Waals surface area (Å²) in [6.07, 6.45) is 2.75. The molecule has 0 saturated carbocycles. The standard InChI is InChI=1S/C13H19NS/c1-10(12-5-3-7-15-9-12)11-4-2-6-13(14)8-11/h2,4,6,8,10,12H,3,5,7,9,14H2,1H3. The van der Waals surface area contributed by atoms with Crippen LogP contribution in [0.4, 0.5) is 5.69 Å². The van der Waals surface area contributed by atoms with Crippen molar-refractivity contribution in [1.29, 1.82) is 0 Å². The molecular formula is C13H19NS. The number of hydrogen-bond donors (Lipinski definition) is 1. The van der Waals surface area contributed by atoms with Gasteiger partial charge in [0.2, 0.25) is 0 Å². The van der Waals surface area contributed by atoms with Gasteiger partial charge in [-0.05, 0) is 53.9 Å². The average molecular weight is 221 g/mol. The van der Waals surface area contributed by atoms with E-state index in [-0.39, 0.29) is 0 Å². The molecule has 2 N–H and O–H groups in total. The molecule has 2 heteroatoms. The Bertz CT molecular complexity index is 318. The third kappa shape index (κ3) is 2.69. The molecule has 1 saturated heterocycles. The van der Waals surface area contributed by atoms with Crippen LogP contribution in [-0.4, -0.2) is 11.5 Å². The summed E-state index contributed by atoms with van der Waals surface area (Å²) in [4.78, 5) is 0. The normalized spacial score (nSPS) is 23.7. The number of rotatable bonds is 2. The summed E-state index contributed by atoms with van der Waals surface area (Å²) in [5.41, 5.74) is 8.12. The van der Waals surface area contributed by atoms with Gasteiger partial charge in [-0.2, -0.15) is 11.8 Å². The van der Waals surface area contributed by atoms with E-state index >= 15 is 0 Å². The van der Waals surface area contributed by atoms with E-state index < -0.39 is 0 Å². The Hall–Kier alpha value is -0.630. The van der Waals surface area contributed by atoms with Crippen LogP contribution in [-0.2, 0) is 0 Å². The molecule has 82 valence electrons. The van der Waals surface area contributed by atoms with E-state index in [0.717, 1.165) is 11.6 Å². The fourth-order valence-electron chi connectivity index (χ4n) is 2.27. The van der Waals surface area contributed by atoms with Gasteiger partial charge in [-0.3, -0.25) is 0 Å². The van der Waals surface area contributed by atoms with E-state index in [1.165, 1.54) is 29.9 Å². The largest absolute Gasteiger partial charge is 0.399 e. The van der Waals surface area contributed by atoms with Gasteiger partial charge in [0.25, 0.3) is 0 Å². The van der Waals surface area contributed by atoms with Crippen LogP contribution in [0.2, 0.25) is 0 Å². The van der Waals surface area contributed by atoms with E-state index in [4.69, 9.17) is 5.73 Å². The van der Waals surface area contributed by atoms with Crippen LogP contribution in [0, 0.1) is 5.92 Å². The molecule has 1 aliphatic rings. The van der Waals surface area contributed by atoms with Gasteiger partial charge in [0.1, 0.15) is 0 Å². The molecule has 2 rings (SSSR count). The SMILES string of the molecule is CC(c1cccc(N)c1)C1CCCSC1. The lowest BCUT2D eigenvalue weighted by molar-refractivity contribution is 0.448. The predicted octanol–water partition coefficient (Wildman–Crippen LogP) is 3.52. The summed E-state index contributed by atoms with van der Waals surface area (Å²) in [6.45, 7) is 2.34. The monoisotopic (exact) mass is 221 g/mol. The summed E-state index contributed by atoms with van der Waals surface area (Å²) < 4.78 is 0. The predicted molar refractivity (Wildman–Crippen MR) is 69.3 cm³/mol. The summed E-state index contributed by atoms with van der Waals surface area (Å²) in [5, 5.41) is 0. The van der Waals surface area contributed by atoms with Crippen LogP contribution in [0.25, 0.3) is 0 Å². The number of nitrogen functional groups attached to an aromatic ring is 1. The maximum Gasteiger partial charge on any atom is 0.0316 e. The first-order valence-electron chi connectivity index (χ1n) is 5.70. The van der Waals surface area contributed by atoms with Gasteiger partial charge in [0, 0.05) is 5.69 Å². The van der Waals surface area contributed by atoms with Gasteiger partial charge in [0.05, 0.1) is 0 Å². The lowest BCUT2D eigenvalue weighted by Crippen LogP contribution is -2.17. The Morgan fingerprint density at radius 3 is 3.00 bits per heavy atom. The van der Waals surface area contributed by atoms with Gasteiger partial charge in [-0.15, -0.1) is 0 Å². The van der Waals surface area contributed by atoms with Crippen molar-refractivity contribution in [3.05, 3.63) is 29.8 Å². The van der Waals surface area contributed by atoms with E-state index in [0.29, 0.717) is 5.92 Å². The Kier molecular flexibility index (Phi) is 3.57. The Balaban J connectivity index is 2.08. The van der Waals surface area contributed by atoms with Crippen molar-refractivity contribution in [2.45, 2.75) is 25.7 Å². The lowest BCUT2D eigenvalue weighted by atomic mass is 9.85. The topological polar surface area (TPSA) is 26.0 Å². The summed E-state index contributed by atoms with van der Waals surface area (Å²) in [7, 11) is 0. The number of hydrogen-bond acceptors (Lipinski definition) is 2. The zero-order valence-electron chi connectivity index (χ0n) is 9.28. The summed E-state index contributed by atoms with van der Waals surface area (Å²) >= 11 is 2.10. The highest BCUT2D eigenvalue weighted by Gasteiger charge is 2.21. The van der Waals surface area contributed by atoms with Crippen molar-refractivity contribution < 1.29 is 0 Å². The maximum atomic E-state index is 5.82. The van der Waals surface area contributed by atoms with Crippen molar-refractivity contribution in [2.24, 2.45) is 5.92 Å². The Morgan fingerprint density at radius 2 is 2.33 bits per heavy atom. The molecule has 2 unspecified atom stereocenters. The molecule has 1 aromatic carbocycles. The third-order valence-electron chi connectivity index (χ3n) is 3.34. The summed E-state index contributed by atoms with van der Waals surface area (Å²) in [6, 6.07) is 8.37. The first kappa shape index (κ1) is 10.9. The van der Waals surface area contributed by atoms with Gasteiger partial charge in [0.15, 0.2) is 0 Å². The fraction of sp³-hybridized carbons (Fsp3) is 0.538. The highest BCUT2D eigenvalue weighted by molar-refractivity contribution is 7.99. The minimum Gasteiger partial charge on any atom is -0.399 e. The average Bonchev–Trinajstić information content (AvgIpc) is 2.29. The molecule has 0 spiro atoms. The second kappa shape index (κ2) is 4.93. The van der Waals surface area contributed by atoms with Crippen molar-refractivity contribution in [3.8, 4) is 0 Å². The van der Waals surface area contributed by atoms with E-state index in [1.807, 2.05) is 6.07 Å². The minimum atomic E-state index is 0.654. The molecule has 0 radical (unpaired) electrons. The quantitative estimate of drug-likeness (QED) is 0.773. The zero-order chi connectivity index (χ0) is 10.7. The molecule has 1 heterocycles. The zero-order valence-corrected chi connectivity index (χ0v) is 10.1. The molecule has 1 aliphatic heterocycles. The van der Waals surface area contributed by atoms with Crippen LogP contribution in [0.1, 0.15) is 31.2 Å². The van der Waals surface area contributed by atoms with Crippen molar-refractivity contribution >= 4 is 17.4 Å². The van der Waals surface area contributed by atoms with Crippen LogP contribution >= 0.6 is 11.8 Å². The van der Waals surface area contributed by atoms with Crippen molar-refractivity contribution in [2.75, 3.05) is 17.2 Å². The molecule has 0 bridgehead atoms. The molecule has 15 heavy (non-hydrogen) atoms. The molecular weight excluding hydrogens is 202 g/mol. The minimum absolute atomic E-state index is 0.654. The van der Waals surface area contributed by atoms with E-state index in [9.17, 15) is 0 Å². The van der Waals surface area contributed by atoms with Gasteiger partial charge < -0.3 is 5.73 Å². The second-order valence-electron chi connectivity index (χ2n) is 4.44. The first-order chi connectivity index (χ1) is 7.27. The molecule has 2 atom stereocenters. The fourth-order valence-corrected chi connectivity index (χ4v) is 3.57. The maximum absolute atomic E-state index is 5.82. The molecule has 0 amide bonds. The summed E-state index contributed by atoms with van der Waals surface area (Å²) in [5.74, 6) is 4.16. The molecule has 1 aromatic rings. The van der Waals surface area contributed by atoms with Crippen LogP contribution in [0.5, 0.6) is 0 Å². The Labute approximate surface area is 96.4 Å². The Morgan fingerprint density at radius 1 is 1.47 bits per heavy atom. The molecule has 1 fully saturated rings. The van der Waals surface area contributed by atoms with Gasteiger partial charge in [-0.1, -0.05) is 19.1 Å². The number of anilines is 1. The van der Waals surface area contributed by atoms with Crippen LogP contribution in [0.3, 0.4) is 0 Å². The van der Waals surface area contributed by atoms with Crippen molar-refractivity contribution in [3.63, 3.8) is 0 Å². The van der Waals surface area contributed by atoms with Crippen LogP contribution < -0.4 is 5.73 Å². The lowest BCUT2D eigenvalue weighted by Gasteiger charge is -2.27. The first-order valence-corrected chi connectivity index (χ1v) is 6.86. The highest BCUT2D eigenvalue weighted by Crippen LogP contribution is 2.34. The van der Waals surface area contributed by atoms with E-state index in [2.05, 4.69) is 36.9 Å². The van der Waals surface area contributed by atoms with E-state index in [1.54, 1.807) is 0 Å². The second-order valence-corrected chi connectivity index (χ2v) is 5.59. The number of thioether (sulfide) groups is 1. The van der Waals surface area contributed by atoms with Crippen molar-refractivity contribution in [1.82, 2.24) is 0 Å². The smallest absolute Gasteiger partial charge is 0.0316 e. The highest BCUT2D eigenvalue weighted by atomic mass is 32.2. The molecule has 0 aromatic heterocycles.